The van der Waals surface area contributed by atoms with Gasteiger partial charge < -0.3 is 10.4 Å². The maximum atomic E-state index is 10.5. The minimum atomic E-state index is -0.572. The Balaban J connectivity index is 1.76. The van der Waals surface area contributed by atoms with Crippen LogP contribution in [-0.2, 0) is 13.6 Å². The van der Waals surface area contributed by atoms with Gasteiger partial charge in [-0.3, -0.25) is 0 Å². The van der Waals surface area contributed by atoms with Crippen LogP contribution < -0.4 is 5.32 Å². The quantitative estimate of drug-likeness (QED) is 0.823. The van der Waals surface area contributed by atoms with Gasteiger partial charge in [0.25, 0.3) is 0 Å². The first-order valence-electron chi connectivity index (χ1n) is 6.55. The summed E-state index contributed by atoms with van der Waals surface area (Å²) in [6, 6.07) is 0. The first-order chi connectivity index (χ1) is 8.39. The molecule has 0 spiro atoms. The molecule has 0 amide bonds. The summed E-state index contributed by atoms with van der Waals surface area (Å²) in [6.07, 6.45) is 3.88. The van der Waals surface area contributed by atoms with Crippen molar-refractivity contribution in [3.8, 4) is 0 Å². The first-order valence-corrected chi connectivity index (χ1v) is 6.55. The van der Waals surface area contributed by atoms with E-state index in [0.29, 0.717) is 24.3 Å². The van der Waals surface area contributed by atoms with Crippen molar-refractivity contribution >= 4 is 0 Å². The third-order valence-corrected chi connectivity index (χ3v) is 3.82. The van der Waals surface area contributed by atoms with Gasteiger partial charge in [0.2, 0.25) is 0 Å². The van der Waals surface area contributed by atoms with Crippen molar-refractivity contribution < 1.29 is 5.11 Å². The first kappa shape index (κ1) is 13.4. The Morgan fingerprint density at radius 2 is 1.94 bits per heavy atom. The number of nitrogens with zero attached hydrogens (tertiary/aromatic N) is 4. The van der Waals surface area contributed by atoms with Gasteiger partial charge in [0.05, 0.1) is 19.2 Å². The van der Waals surface area contributed by atoms with Gasteiger partial charge in [-0.15, -0.1) is 10.2 Å². The molecule has 0 radical (unpaired) electrons. The Labute approximate surface area is 108 Å². The van der Waals surface area contributed by atoms with Crippen molar-refractivity contribution in [1.82, 2.24) is 25.5 Å². The number of aryl methyl sites for hydroxylation is 1. The summed E-state index contributed by atoms with van der Waals surface area (Å²) in [7, 11) is 1.74. The summed E-state index contributed by atoms with van der Waals surface area (Å²) in [4.78, 5) is 1.44. The van der Waals surface area contributed by atoms with Crippen LogP contribution in [0.1, 0.15) is 45.4 Å². The van der Waals surface area contributed by atoms with Crippen molar-refractivity contribution in [3.05, 3.63) is 5.82 Å². The van der Waals surface area contributed by atoms with Crippen molar-refractivity contribution in [2.75, 3.05) is 6.54 Å². The Kier molecular flexibility index (Phi) is 3.68. The van der Waals surface area contributed by atoms with E-state index in [1.807, 2.05) is 0 Å². The Morgan fingerprint density at radius 3 is 2.50 bits per heavy atom. The molecule has 0 aliphatic heterocycles. The molecule has 0 bridgehead atoms. The highest BCUT2D eigenvalue weighted by atomic mass is 16.3. The highest BCUT2D eigenvalue weighted by Gasteiger charge is 2.36. The van der Waals surface area contributed by atoms with Gasteiger partial charge in [-0.25, -0.2) is 0 Å². The predicted octanol–water partition coefficient (Wildman–Crippen LogP) is 0.631. The third kappa shape index (κ3) is 3.49. The molecule has 6 heteroatoms. The Bertz CT molecular complexity index is 391. The van der Waals surface area contributed by atoms with Crippen LogP contribution in [0.15, 0.2) is 0 Å². The van der Waals surface area contributed by atoms with Gasteiger partial charge in [0.1, 0.15) is 0 Å². The van der Waals surface area contributed by atoms with Gasteiger partial charge in [0, 0.05) is 6.54 Å². The lowest BCUT2D eigenvalue weighted by Crippen LogP contribution is -2.44. The van der Waals surface area contributed by atoms with Crippen molar-refractivity contribution in [2.45, 2.75) is 51.7 Å². The average molecular weight is 253 g/mol. The second-order valence-electron chi connectivity index (χ2n) is 6.19. The Morgan fingerprint density at radius 1 is 1.28 bits per heavy atom. The fraction of sp³-hybridized carbons (Fsp3) is 0.917. The largest absolute Gasteiger partial charge is 0.389 e. The smallest absolute Gasteiger partial charge is 0.188 e. The van der Waals surface area contributed by atoms with E-state index in [2.05, 4.69) is 34.6 Å². The topological polar surface area (TPSA) is 75.9 Å². The molecule has 2 rings (SSSR count). The molecule has 1 heterocycles. The maximum Gasteiger partial charge on any atom is 0.188 e. The Hall–Kier alpha value is -1.01. The standard InChI is InChI=1S/C12H23N5O/c1-11(2)4-6-12(18,7-5-11)9-13-8-10-14-16-17(3)15-10/h13,18H,4-9H2,1-3H3. The zero-order chi connectivity index (χ0) is 13.2. The molecule has 1 saturated carbocycles. The lowest BCUT2D eigenvalue weighted by molar-refractivity contribution is -0.0246. The van der Waals surface area contributed by atoms with Gasteiger partial charge in [-0.2, -0.15) is 4.80 Å². The molecule has 1 aromatic rings. The number of hydrogen-bond acceptors (Lipinski definition) is 5. The SMILES string of the molecule is Cn1nnc(CNCC2(O)CCC(C)(C)CC2)n1. The van der Waals surface area contributed by atoms with E-state index in [1.54, 1.807) is 7.05 Å². The predicted molar refractivity (Wildman–Crippen MR) is 67.7 cm³/mol. The van der Waals surface area contributed by atoms with E-state index >= 15 is 0 Å². The molecule has 1 aliphatic carbocycles. The van der Waals surface area contributed by atoms with Crippen molar-refractivity contribution in [3.63, 3.8) is 0 Å². The van der Waals surface area contributed by atoms with Crippen LogP contribution in [0.25, 0.3) is 0 Å². The zero-order valence-electron chi connectivity index (χ0n) is 11.5. The molecule has 18 heavy (non-hydrogen) atoms. The molecule has 6 nitrogen and oxygen atoms in total. The van der Waals surface area contributed by atoms with Gasteiger partial charge in [-0.1, -0.05) is 13.8 Å². The van der Waals surface area contributed by atoms with E-state index in [1.165, 1.54) is 4.80 Å². The monoisotopic (exact) mass is 253 g/mol. The van der Waals surface area contributed by atoms with Crippen LogP contribution in [0.2, 0.25) is 0 Å². The summed E-state index contributed by atoms with van der Waals surface area (Å²) in [5.41, 5.74) is -0.198. The van der Waals surface area contributed by atoms with E-state index in [4.69, 9.17) is 0 Å². The summed E-state index contributed by atoms with van der Waals surface area (Å²) in [6.45, 7) is 5.69. The number of aliphatic hydroxyl groups is 1. The molecule has 1 aromatic heterocycles. The van der Waals surface area contributed by atoms with E-state index in [9.17, 15) is 5.11 Å². The summed E-state index contributed by atoms with van der Waals surface area (Å²) in [5, 5.41) is 25.4. The number of hydrogen-bond donors (Lipinski definition) is 2. The minimum Gasteiger partial charge on any atom is -0.389 e. The number of nitrogens with one attached hydrogen (secondary N) is 1. The van der Waals surface area contributed by atoms with Crippen LogP contribution in [0.5, 0.6) is 0 Å². The van der Waals surface area contributed by atoms with Crippen molar-refractivity contribution in [1.29, 1.82) is 0 Å². The molecule has 2 N–H and O–H groups in total. The van der Waals surface area contributed by atoms with Crippen LogP contribution in [0.4, 0.5) is 0 Å². The molecule has 102 valence electrons. The highest BCUT2D eigenvalue weighted by Crippen LogP contribution is 2.39. The summed E-state index contributed by atoms with van der Waals surface area (Å²) < 4.78 is 0. The molecular formula is C12H23N5O. The van der Waals surface area contributed by atoms with Gasteiger partial charge in [0.15, 0.2) is 5.82 Å². The molecule has 0 unspecified atom stereocenters. The second-order valence-corrected chi connectivity index (χ2v) is 6.19. The second kappa shape index (κ2) is 4.93. The van der Waals surface area contributed by atoms with E-state index < -0.39 is 5.60 Å². The molecule has 1 fully saturated rings. The van der Waals surface area contributed by atoms with Gasteiger partial charge in [-0.05, 0) is 36.3 Å². The van der Waals surface area contributed by atoms with Crippen LogP contribution >= 0.6 is 0 Å². The van der Waals surface area contributed by atoms with E-state index in [-0.39, 0.29) is 0 Å². The molecule has 0 saturated heterocycles. The van der Waals surface area contributed by atoms with E-state index in [0.717, 1.165) is 25.7 Å². The number of aromatic nitrogens is 4. The minimum absolute atomic E-state index is 0.374. The summed E-state index contributed by atoms with van der Waals surface area (Å²) in [5.74, 6) is 0.664. The zero-order valence-corrected chi connectivity index (χ0v) is 11.5. The lowest BCUT2D eigenvalue weighted by Gasteiger charge is -2.40. The van der Waals surface area contributed by atoms with Crippen LogP contribution in [-0.4, -0.2) is 37.5 Å². The maximum absolute atomic E-state index is 10.5. The normalized spacial score (nSPS) is 22.0. The lowest BCUT2D eigenvalue weighted by atomic mass is 9.71. The van der Waals surface area contributed by atoms with Crippen LogP contribution in [0.3, 0.4) is 0 Å². The molecule has 1 aliphatic rings. The molecular weight excluding hydrogens is 230 g/mol. The third-order valence-electron chi connectivity index (χ3n) is 3.82. The number of tetrazole rings is 1. The highest BCUT2D eigenvalue weighted by molar-refractivity contribution is 4.91. The average Bonchev–Trinajstić information content (AvgIpc) is 2.70. The molecule has 0 aromatic carbocycles. The fourth-order valence-electron chi connectivity index (χ4n) is 2.37. The number of rotatable bonds is 4. The van der Waals surface area contributed by atoms with Crippen LogP contribution in [0, 0.1) is 5.41 Å². The van der Waals surface area contributed by atoms with Gasteiger partial charge >= 0.3 is 0 Å². The van der Waals surface area contributed by atoms with Crippen molar-refractivity contribution in [2.24, 2.45) is 12.5 Å². The fourth-order valence-corrected chi connectivity index (χ4v) is 2.37. The summed E-state index contributed by atoms with van der Waals surface area (Å²) >= 11 is 0. The molecule has 0 atom stereocenters.